The van der Waals surface area contributed by atoms with Gasteiger partial charge in [-0.25, -0.2) is 14.8 Å². The highest BCUT2D eigenvalue weighted by Crippen LogP contribution is 2.32. The number of ether oxygens (including phenoxy) is 2. The maximum Gasteiger partial charge on any atom is 0.407 e. The molecule has 34 heavy (non-hydrogen) atoms. The molecular formula is C24H29N7O3. The number of hydrogen-bond acceptors (Lipinski definition) is 8. The summed E-state index contributed by atoms with van der Waals surface area (Å²) >= 11 is 0. The van der Waals surface area contributed by atoms with Gasteiger partial charge in [-0.2, -0.15) is 5.10 Å². The number of aryl methyl sites for hydroxylation is 2. The normalized spacial score (nSPS) is 19.1. The van der Waals surface area contributed by atoms with Crippen LogP contribution in [-0.2, 0) is 4.74 Å². The summed E-state index contributed by atoms with van der Waals surface area (Å²) in [6.45, 7) is 6.45. The fourth-order valence-corrected chi connectivity index (χ4v) is 4.75. The van der Waals surface area contributed by atoms with E-state index in [1.54, 1.807) is 12.4 Å². The van der Waals surface area contributed by atoms with Gasteiger partial charge in [0.1, 0.15) is 6.61 Å². The van der Waals surface area contributed by atoms with Crippen LogP contribution in [-0.4, -0.2) is 57.5 Å². The van der Waals surface area contributed by atoms with Gasteiger partial charge < -0.3 is 25.4 Å². The number of nitrogen functional groups attached to an aromatic ring is 1. The minimum atomic E-state index is -0.391. The number of nitrogens with zero attached hydrogens (tertiary/aromatic N) is 5. The maximum atomic E-state index is 11.5. The van der Waals surface area contributed by atoms with Crippen molar-refractivity contribution in [2.24, 2.45) is 0 Å². The number of rotatable bonds is 5. The van der Waals surface area contributed by atoms with Gasteiger partial charge in [0.25, 0.3) is 5.88 Å². The predicted octanol–water partition coefficient (Wildman–Crippen LogP) is 3.38. The first kappa shape index (κ1) is 22.1. The van der Waals surface area contributed by atoms with Gasteiger partial charge in [0.05, 0.1) is 36.4 Å². The average molecular weight is 464 g/mol. The van der Waals surface area contributed by atoms with E-state index < -0.39 is 6.09 Å². The number of cyclic esters (lactones) is 1. The number of hydrogen-bond donors (Lipinski definition) is 2. The van der Waals surface area contributed by atoms with Crippen LogP contribution in [0, 0.1) is 13.8 Å². The highest BCUT2D eigenvalue weighted by Gasteiger charge is 2.27. The summed E-state index contributed by atoms with van der Waals surface area (Å²) in [5.41, 5.74) is 10.7. The minimum absolute atomic E-state index is 0.154. The molecule has 2 saturated heterocycles. The average Bonchev–Trinajstić information content (AvgIpc) is 3.44. The van der Waals surface area contributed by atoms with E-state index in [4.69, 9.17) is 15.2 Å². The van der Waals surface area contributed by atoms with Gasteiger partial charge in [-0.1, -0.05) is 0 Å². The largest absolute Gasteiger partial charge is 0.447 e. The Hall–Kier alpha value is -3.66. The number of carbonyl (C=O) groups is 1. The van der Waals surface area contributed by atoms with E-state index in [0.717, 1.165) is 48.2 Å². The molecule has 2 aromatic heterocycles. The molecule has 0 bridgehead atoms. The SMILES string of the molecule is Cc1cc(-c2cnc(N)c(Oc3cnn(C4CCN(C)CC4)c3)n2)cc(C)c1C1COC(=O)N1. The summed E-state index contributed by atoms with van der Waals surface area (Å²) in [5.74, 6) is 1.04. The monoisotopic (exact) mass is 463 g/mol. The fraction of sp³-hybridized carbons (Fsp3) is 0.417. The standard InChI is InChI=1S/C24H29N7O3/c1-14-8-16(9-15(2)21(14)20-13-33-24(32)29-20)19-11-26-22(25)23(28-19)34-18-10-27-31(12-18)17-4-6-30(3)7-5-17/h8-12,17,20H,4-7,13H2,1-3H3,(H2,25,26)(H,29,32). The maximum absolute atomic E-state index is 11.5. The fourth-order valence-electron chi connectivity index (χ4n) is 4.75. The summed E-state index contributed by atoms with van der Waals surface area (Å²) < 4.78 is 13.0. The number of carbonyl (C=O) groups excluding carboxylic acids is 1. The van der Waals surface area contributed by atoms with Crippen molar-refractivity contribution in [2.45, 2.75) is 38.8 Å². The van der Waals surface area contributed by atoms with Crippen LogP contribution in [0.4, 0.5) is 10.6 Å². The number of likely N-dealkylation sites (tertiary alicyclic amines) is 1. The Kier molecular flexibility index (Phi) is 5.82. The van der Waals surface area contributed by atoms with Crippen molar-refractivity contribution in [1.82, 2.24) is 30.0 Å². The highest BCUT2D eigenvalue weighted by atomic mass is 16.6. The topological polar surface area (TPSA) is 120 Å². The van der Waals surface area contributed by atoms with Gasteiger partial charge in [-0.05, 0) is 75.6 Å². The smallest absolute Gasteiger partial charge is 0.407 e. The molecule has 3 N–H and O–H groups in total. The number of anilines is 1. The van der Waals surface area contributed by atoms with Crippen LogP contribution in [0.15, 0.2) is 30.7 Å². The third kappa shape index (κ3) is 4.41. The summed E-state index contributed by atoms with van der Waals surface area (Å²) in [4.78, 5) is 22.8. The van der Waals surface area contributed by atoms with E-state index in [9.17, 15) is 4.79 Å². The van der Waals surface area contributed by atoms with E-state index in [1.165, 1.54) is 0 Å². The van der Waals surface area contributed by atoms with Crippen molar-refractivity contribution < 1.29 is 14.3 Å². The molecule has 2 fully saturated rings. The quantitative estimate of drug-likeness (QED) is 0.591. The lowest BCUT2D eigenvalue weighted by molar-refractivity contribution is 0.177. The molecule has 1 unspecified atom stereocenters. The minimum Gasteiger partial charge on any atom is -0.447 e. The Morgan fingerprint density at radius 1 is 1.18 bits per heavy atom. The first-order valence-electron chi connectivity index (χ1n) is 11.4. The molecule has 1 amide bonds. The van der Waals surface area contributed by atoms with Crippen LogP contribution in [0.3, 0.4) is 0 Å². The lowest BCUT2D eigenvalue weighted by Gasteiger charge is -2.28. The van der Waals surface area contributed by atoms with E-state index in [-0.39, 0.29) is 17.7 Å². The molecular weight excluding hydrogens is 434 g/mol. The number of alkyl carbamates (subject to hydrolysis) is 1. The third-order valence-corrected chi connectivity index (χ3v) is 6.53. The van der Waals surface area contributed by atoms with Crippen molar-refractivity contribution in [3.8, 4) is 22.9 Å². The van der Waals surface area contributed by atoms with Crippen LogP contribution >= 0.6 is 0 Å². The Bertz CT molecular complexity index is 1190. The highest BCUT2D eigenvalue weighted by molar-refractivity contribution is 5.71. The molecule has 4 heterocycles. The van der Waals surface area contributed by atoms with Gasteiger partial charge in [-0.3, -0.25) is 4.68 Å². The second-order valence-corrected chi connectivity index (χ2v) is 9.06. The van der Waals surface area contributed by atoms with Crippen LogP contribution in [0.2, 0.25) is 0 Å². The van der Waals surface area contributed by atoms with Gasteiger partial charge in [0.2, 0.25) is 0 Å². The van der Waals surface area contributed by atoms with Crippen LogP contribution in [0.25, 0.3) is 11.3 Å². The lowest BCUT2D eigenvalue weighted by Crippen LogP contribution is -2.31. The second kappa shape index (κ2) is 8.94. The molecule has 178 valence electrons. The van der Waals surface area contributed by atoms with E-state index >= 15 is 0 Å². The molecule has 0 spiro atoms. The first-order chi connectivity index (χ1) is 16.4. The molecule has 2 aliphatic heterocycles. The molecule has 10 heteroatoms. The molecule has 2 aliphatic rings. The molecule has 1 aromatic carbocycles. The zero-order chi connectivity index (χ0) is 23.8. The molecule has 10 nitrogen and oxygen atoms in total. The third-order valence-electron chi connectivity index (χ3n) is 6.53. The van der Waals surface area contributed by atoms with Crippen LogP contribution < -0.4 is 15.8 Å². The van der Waals surface area contributed by atoms with Crippen molar-refractivity contribution >= 4 is 11.9 Å². The lowest BCUT2D eigenvalue weighted by atomic mass is 9.93. The van der Waals surface area contributed by atoms with Gasteiger partial charge in [0, 0.05) is 5.56 Å². The molecule has 3 aromatic rings. The zero-order valence-corrected chi connectivity index (χ0v) is 19.6. The second-order valence-electron chi connectivity index (χ2n) is 9.06. The van der Waals surface area contributed by atoms with Crippen molar-refractivity contribution in [1.29, 1.82) is 0 Å². The molecule has 0 saturated carbocycles. The van der Waals surface area contributed by atoms with Crippen molar-refractivity contribution in [3.63, 3.8) is 0 Å². The summed E-state index contributed by atoms with van der Waals surface area (Å²) in [6.07, 6.45) is 6.94. The number of amides is 1. The molecule has 1 atom stereocenters. The first-order valence-corrected chi connectivity index (χ1v) is 11.4. The zero-order valence-electron chi connectivity index (χ0n) is 19.6. The van der Waals surface area contributed by atoms with Crippen molar-refractivity contribution in [2.75, 3.05) is 32.5 Å². The van der Waals surface area contributed by atoms with Crippen LogP contribution in [0.5, 0.6) is 11.6 Å². The summed E-state index contributed by atoms with van der Waals surface area (Å²) in [6, 6.07) is 4.26. The Morgan fingerprint density at radius 3 is 2.59 bits per heavy atom. The van der Waals surface area contributed by atoms with Crippen LogP contribution in [0.1, 0.15) is 41.6 Å². The van der Waals surface area contributed by atoms with Gasteiger partial charge in [-0.15, -0.1) is 0 Å². The van der Waals surface area contributed by atoms with Gasteiger partial charge >= 0.3 is 6.09 Å². The molecule has 0 aliphatic carbocycles. The Morgan fingerprint density at radius 2 is 1.91 bits per heavy atom. The number of aromatic nitrogens is 4. The van der Waals surface area contributed by atoms with Crippen molar-refractivity contribution in [3.05, 3.63) is 47.4 Å². The van der Waals surface area contributed by atoms with E-state index in [1.807, 2.05) is 36.9 Å². The number of nitrogens with two attached hydrogens (primary N) is 1. The Balaban J connectivity index is 1.37. The molecule has 5 rings (SSSR count). The predicted molar refractivity (Wildman–Crippen MR) is 127 cm³/mol. The van der Waals surface area contributed by atoms with Gasteiger partial charge in [0.15, 0.2) is 11.6 Å². The summed E-state index contributed by atoms with van der Waals surface area (Å²) in [5, 5.41) is 7.34. The van der Waals surface area contributed by atoms with E-state index in [2.05, 4.69) is 32.3 Å². The van der Waals surface area contributed by atoms with E-state index in [0.29, 0.717) is 24.1 Å². The number of benzene rings is 1. The number of nitrogens with one attached hydrogen (secondary N) is 1. The molecule has 0 radical (unpaired) electrons. The summed E-state index contributed by atoms with van der Waals surface area (Å²) in [7, 11) is 2.14. The number of piperidine rings is 1. The Labute approximate surface area is 198 Å².